The SMILES string of the molecule is CC(C)C1Oc2cccc(C(=O)O)c2NC1=O. The number of para-hydroxylation sites is 1. The molecule has 1 aliphatic heterocycles. The number of carbonyl (C=O) groups is 2. The lowest BCUT2D eigenvalue weighted by Crippen LogP contribution is -2.41. The number of anilines is 1. The third-order valence-electron chi connectivity index (χ3n) is 2.62. The van der Waals surface area contributed by atoms with Crippen molar-refractivity contribution in [3.8, 4) is 5.75 Å². The van der Waals surface area contributed by atoms with Crippen LogP contribution in [0.5, 0.6) is 5.75 Å². The fourth-order valence-electron chi connectivity index (χ4n) is 1.76. The molecule has 0 bridgehead atoms. The number of nitrogens with one attached hydrogen (secondary N) is 1. The van der Waals surface area contributed by atoms with Crippen LogP contribution in [0, 0.1) is 5.92 Å². The van der Waals surface area contributed by atoms with Crippen LogP contribution in [-0.4, -0.2) is 23.1 Å². The van der Waals surface area contributed by atoms with Crippen molar-refractivity contribution < 1.29 is 19.4 Å². The molecule has 1 atom stereocenters. The Kier molecular flexibility index (Phi) is 2.75. The van der Waals surface area contributed by atoms with Gasteiger partial charge in [-0.15, -0.1) is 0 Å². The van der Waals surface area contributed by atoms with Gasteiger partial charge in [0.2, 0.25) is 0 Å². The highest BCUT2D eigenvalue weighted by Gasteiger charge is 2.32. The van der Waals surface area contributed by atoms with Crippen molar-refractivity contribution in [3.63, 3.8) is 0 Å². The Morgan fingerprint density at radius 3 is 2.76 bits per heavy atom. The second-order valence-electron chi connectivity index (χ2n) is 4.26. The minimum atomic E-state index is -1.09. The zero-order chi connectivity index (χ0) is 12.6. The maximum Gasteiger partial charge on any atom is 0.337 e. The average Bonchev–Trinajstić information content (AvgIpc) is 2.26. The minimum absolute atomic E-state index is 0.0247. The Bertz CT molecular complexity index is 481. The highest BCUT2D eigenvalue weighted by molar-refractivity contribution is 6.05. The van der Waals surface area contributed by atoms with Gasteiger partial charge in [-0.05, 0) is 18.1 Å². The Morgan fingerprint density at radius 2 is 2.18 bits per heavy atom. The Labute approximate surface area is 98.4 Å². The van der Waals surface area contributed by atoms with Crippen molar-refractivity contribution in [1.29, 1.82) is 0 Å². The van der Waals surface area contributed by atoms with Crippen LogP contribution in [0.1, 0.15) is 24.2 Å². The molecule has 1 aliphatic rings. The summed E-state index contributed by atoms with van der Waals surface area (Å²) < 4.78 is 5.52. The van der Waals surface area contributed by atoms with Gasteiger partial charge in [0.15, 0.2) is 6.10 Å². The average molecular weight is 235 g/mol. The predicted octanol–water partition coefficient (Wildman–Crippen LogP) is 1.74. The third kappa shape index (κ3) is 1.95. The third-order valence-corrected chi connectivity index (χ3v) is 2.62. The van der Waals surface area contributed by atoms with Gasteiger partial charge in [0.1, 0.15) is 5.75 Å². The molecule has 1 aromatic carbocycles. The van der Waals surface area contributed by atoms with Crippen LogP contribution < -0.4 is 10.1 Å². The van der Waals surface area contributed by atoms with Crippen LogP contribution in [0.25, 0.3) is 0 Å². The lowest BCUT2D eigenvalue weighted by molar-refractivity contribution is -0.125. The number of rotatable bonds is 2. The zero-order valence-electron chi connectivity index (χ0n) is 9.56. The van der Waals surface area contributed by atoms with Gasteiger partial charge < -0.3 is 15.2 Å². The smallest absolute Gasteiger partial charge is 0.337 e. The highest BCUT2D eigenvalue weighted by Crippen LogP contribution is 2.34. The van der Waals surface area contributed by atoms with E-state index in [4.69, 9.17) is 9.84 Å². The quantitative estimate of drug-likeness (QED) is 0.818. The van der Waals surface area contributed by atoms with Gasteiger partial charge in [-0.2, -0.15) is 0 Å². The number of carbonyl (C=O) groups excluding carboxylic acids is 1. The van der Waals surface area contributed by atoms with Crippen LogP contribution in [0.2, 0.25) is 0 Å². The lowest BCUT2D eigenvalue weighted by Gasteiger charge is -2.28. The summed E-state index contributed by atoms with van der Waals surface area (Å²) in [6.45, 7) is 3.74. The molecule has 1 heterocycles. The molecule has 1 aromatic rings. The molecule has 0 aliphatic carbocycles. The second-order valence-corrected chi connectivity index (χ2v) is 4.26. The van der Waals surface area contributed by atoms with Crippen molar-refractivity contribution >= 4 is 17.6 Å². The molecule has 0 spiro atoms. The topological polar surface area (TPSA) is 75.6 Å². The summed E-state index contributed by atoms with van der Waals surface area (Å²) in [6.07, 6.45) is -0.577. The van der Waals surface area contributed by atoms with E-state index in [-0.39, 0.29) is 23.1 Å². The molecule has 5 heteroatoms. The van der Waals surface area contributed by atoms with E-state index in [0.29, 0.717) is 5.75 Å². The first-order chi connectivity index (χ1) is 8.00. The van der Waals surface area contributed by atoms with Gasteiger partial charge in [-0.25, -0.2) is 4.79 Å². The van der Waals surface area contributed by atoms with E-state index < -0.39 is 12.1 Å². The number of hydrogen-bond acceptors (Lipinski definition) is 3. The molecule has 90 valence electrons. The zero-order valence-corrected chi connectivity index (χ0v) is 9.56. The standard InChI is InChI=1S/C12H13NO4/c1-6(2)10-11(14)13-9-7(12(15)16)4-3-5-8(9)17-10/h3-6,10H,1-2H3,(H,13,14)(H,15,16). The predicted molar refractivity (Wildman–Crippen MR) is 61.3 cm³/mol. The van der Waals surface area contributed by atoms with Crippen LogP contribution in [0.4, 0.5) is 5.69 Å². The number of fused-ring (bicyclic) bond motifs is 1. The normalized spacial score (nSPS) is 18.3. The van der Waals surface area contributed by atoms with Crippen LogP contribution in [0.15, 0.2) is 18.2 Å². The fraction of sp³-hybridized carbons (Fsp3) is 0.333. The summed E-state index contributed by atoms with van der Waals surface area (Å²) in [5.74, 6) is -0.963. The highest BCUT2D eigenvalue weighted by atomic mass is 16.5. The number of aromatic carboxylic acids is 1. The molecular formula is C12H13NO4. The van der Waals surface area contributed by atoms with E-state index in [0.717, 1.165) is 0 Å². The van der Waals surface area contributed by atoms with Crippen LogP contribution in [-0.2, 0) is 4.79 Å². The molecule has 0 saturated heterocycles. The summed E-state index contributed by atoms with van der Waals surface area (Å²) in [5, 5.41) is 11.6. The molecule has 0 saturated carbocycles. The Hall–Kier alpha value is -2.04. The first-order valence-electron chi connectivity index (χ1n) is 5.34. The molecule has 2 N–H and O–H groups in total. The maximum absolute atomic E-state index is 11.7. The number of carboxylic acid groups (broad SMARTS) is 1. The van der Waals surface area contributed by atoms with E-state index in [2.05, 4.69) is 5.32 Å². The van der Waals surface area contributed by atoms with Gasteiger partial charge in [0.05, 0.1) is 11.3 Å². The molecule has 2 rings (SSSR count). The summed E-state index contributed by atoms with van der Waals surface area (Å²) in [4.78, 5) is 22.7. The van der Waals surface area contributed by atoms with Crippen molar-refractivity contribution in [1.82, 2.24) is 0 Å². The van der Waals surface area contributed by atoms with E-state index in [1.807, 2.05) is 13.8 Å². The van der Waals surface area contributed by atoms with E-state index in [1.54, 1.807) is 12.1 Å². The summed E-state index contributed by atoms with van der Waals surface area (Å²) in [5.41, 5.74) is 0.278. The molecule has 0 fully saturated rings. The number of hydrogen-bond donors (Lipinski definition) is 2. The largest absolute Gasteiger partial charge is 0.478 e. The fourth-order valence-corrected chi connectivity index (χ4v) is 1.76. The van der Waals surface area contributed by atoms with Crippen molar-refractivity contribution in [3.05, 3.63) is 23.8 Å². The van der Waals surface area contributed by atoms with Gasteiger partial charge in [-0.3, -0.25) is 4.79 Å². The Morgan fingerprint density at radius 1 is 1.47 bits per heavy atom. The summed E-state index contributed by atoms with van der Waals surface area (Å²) in [7, 11) is 0. The van der Waals surface area contributed by atoms with E-state index in [1.165, 1.54) is 6.07 Å². The number of carboxylic acids is 1. The molecule has 1 amide bonds. The Balaban J connectivity index is 2.44. The van der Waals surface area contributed by atoms with E-state index >= 15 is 0 Å². The van der Waals surface area contributed by atoms with Gasteiger partial charge in [0, 0.05) is 0 Å². The summed E-state index contributed by atoms with van der Waals surface area (Å²) >= 11 is 0. The number of benzene rings is 1. The molecule has 5 nitrogen and oxygen atoms in total. The van der Waals surface area contributed by atoms with E-state index in [9.17, 15) is 9.59 Å². The van der Waals surface area contributed by atoms with Crippen LogP contribution >= 0.6 is 0 Å². The minimum Gasteiger partial charge on any atom is -0.478 e. The second kappa shape index (κ2) is 4.08. The molecule has 0 radical (unpaired) electrons. The van der Waals surface area contributed by atoms with Crippen molar-refractivity contribution in [2.45, 2.75) is 20.0 Å². The van der Waals surface area contributed by atoms with Crippen molar-refractivity contribution in [2.75, 3.05) is 5.32 Å². The lowest BCUT2D eigenvalue weighted by atomic mass is 10.0. The molecule has 0 aromatic heterocycles. The first-order valence-corrected chi connectivity index (χ1v) is 5.34. The molecule has 17 heavy (non-hydrogen) atoms. The summed E-state index contributed by atoms with van der Waals surface area (Å²) in [6, 6.07) is 4.67. The van der Waals surface area contributed by atoms with Gasteiger partial charge in [0.25, 0.3) is 5.91 Å². The van der Waals surface area contributed by atoms with Gasteiger partial charge >= 0.3 is 5.97 Å². The first kappa shape index (κ1) is 11.4. The molecular weight excluding hydrogens is 222 g/mol. The van der Waals surface area contributed by atoms with Crippen molar-refractivity contribution in [2.24, 2.45) is 5.92 Å². The van der Waals surface area contributed by atoms with Gasteiger partial charge in [-0.1, -0.05) is 19.9 Å². The molecule has 1 unspecified atom stereocenters. The monoisotopic (exact) mass is 235 g/mol. The van der Waals surface area contributed by atoms with Crippen LogP contribution in [0.3, 0.4) is 0 Å². The maximum atomic E-state index is 11.7. The number of amides is 1. The number of ether oxygens (including phenoxy) is 1.